The topological polar surface area (TPSA) is 110 Å². The summed E-state index contributed by atoms with van der Waals surface area (Å²) in [6.45, 7) is 0. The van der Waals surface area contributed by atoms with Crippen LogP contribution in [0, 0.1) is 0 Å². The van der Waals surface area contributed by atoms with Crippen molar-refractivity contribution in [3.8, 4) is 28.7 Å². The minimum Gasteiger partial charge on any atom is -0.507 e. The van der Waals surface area contributed by atoms with Gasteiger partial charge in [0.15, 0.2) is 17.6 Å². The molecule has 1 aliphatic heterocycles. The molecular weight excluding hydrogens is 356 g/mol. The molecule has 22 heavy (non-hydrogen) atoms. The molecule has 3 rings (SSSR count). The molecule has 1 aliphatic rings. The van der Waals surface area contributed by atoms with Gasteiger partial charge in [-0.25, -0.2) is 0 Å². The molecule has 0 spiro atoms. The van der Waals surface area contributed by atoms with Gasteiger partial charge in [-0.1, -0.05) is 6.07 Å². The molecule has 0 unspecified atom stereocenters. The van der Waals surface area contributed by atoms with Gasteiger partial charge in [0.2, 0.25) is 0 Å². The minimum atomic E-state index is -0.959. The van der Waals surface area contributed by atoms with E-state index in [0.29, 0.717) is 11.1 Å². The van der Waals surface area contributed by atoms with Gasteiger partial charge in [0, 0.05) is 18.1 Å². The normalized spacial score (nSPS) is 20.3. The van der Waals surface area contributed by atoms with Crippen molar-refractivity contribution in [1.82, 2.24) is 0 Å². The third-order valence-electron chi connectivity index (χ3n) is 3.62. The van der Waals surface area contributed by atoms with E-state index in [1.54, 1.807) is 0 Å². The molecule has 0 saturated heterocycles. The van der Waals surface area contributed by atoms with E-state index in [-0.39, 0.29) is 39.6 Å². The number of aliphatic hydroxyl groups excluding tert-OH is 1. The van der Waals surface area contributed by atoms with E-state index in [9.17, 15) is 25.5 Å². The third kappa shape index (κ3) is 2.32. The lowest BCUT2D eigenvalue weighted by Crippen LogP contribution is -2.30. The van der Waals surface area contributed by atoms with Gasteiger partial charge in [0.1, 0.15) is 21.7 Å². The third-order valence-corrected chi connectivity index (χ3v) is 4.38. The van der Waals surface area contributed by atoms with Crippen molar-refractivity contribution in [3.63, 3.8) is 0 Å². The van der Waals surface area contributed by atoms with Crippen LogP contribution < -0.4 is 4.74 Å². The van der Waals surface area contributed by atoms with Crippen molar-refractivity contribution in [3.05, 3.63) is 39.9 Å². The fourth-order valence-electron chi connectivity index (χ4n) is 2.49. The Balaban J connectivity index is 2.05. The number of phenolic OH excluding ortho intramolecular Hbond substituents is 4. The Morgan fingerprint density at radius 3 is 2.36 bits per heavy atom. The van der Waals surface area contributed by atoms with Crippen LogP contribution in [0.2, 0.25) is 0 Å². The highest BCUT2D eigenvalue weighted by Gasteiger charge is 2.34. The number of ether oxygens (including phenoxy) is 1. The average Bonchev–Trinajstić information content (AvgIpc) is 2.47. The number of hydrogen-bond donors (Lipinski definition) is 5. The molecule has 0 bridgehead atoms. The molecule has 0 amide bonds. The number of fused-ring (bicyclic) bond motifs is 1. The Kier molecular flexibility index (Phi) is 3.54. The lowest BCUT2D eigenvalue weighted by Gasteiger charge is -2.32. The number of halogens is 1. The van der Waals surface area contributed by atoms with Gasteiger partial charge in [-0.3, -0.25) is 0 Å². The van der Waals surface area contributed by atoms with Crippen LogP contribution in [0.3, 0.4) is 0 Å². The van der Waals surface area contributed by atoms with Gasteiger partial charge in [0.05, 0.1) is 6.10 Å². The second-order valence-corrected chi connectivity index (χ2v) is 5.89. The fraction of sp³-hybridized carbons (Fsp3) is 0.200. The van der Waals surface area contributed by atoms with Crippen molar-refractivity contribution in [2.45, 2.75) is 18.6 Å². The highest BCUT2D eigenvalue weighted by Crippen LogP contribution is 2.48. The summed E-state index contributed by atoms with van der Waals surface area (Å²) in [5, 5.41) is 48.8. The average molecular weight is 369 g/mol. The quantitative estimate of drug-likeness (QED) is 0.494. The molecule has 2 aromatic carbocycles. The van der Waals surface area contributed by atoms with Gasteiger partial charge in [-0.05, 0) is 33.6 Å². The Morgan fingerprint density at radius 2 is 1.68 bits per heavy atom. The lowest BCUT2D eigenvalue weighted by molar-refractivity contribution is 0.0191. The number of rotatable bonds is 1. The van der Waals surface area contributed by atoms with Crippen LogP contribution in [-0.2, 0) is 6.42 Å². The van der Waals surface area contributed by atoms with E-state index in [1.807, 2.05) is 0 Å². The number of aliphatic hydroxyl groups is 1. The fourth-order valence-corrected chi connectivity index (χ4v) is 2.94. The van der Waals surface area contributed by atoms with E-state index in [2.05, 4.69) is 15.9 Å². The highest BCUT2D eigenvalue weighted by atomic mass is 79.9. The predicted molar refractivity (Wildman–Crippen MR) is 80.3 cm³/mol. The molecule has 116 valence electrons. The summed E-state index contributed by atoms with van der Waals surface area (Å²) in [6, 6.07) is 5.28. The molecular formula is C15H13BrO6. The summed E-state index contributed by atoms with van der Waals surface area (Å²) < 4.78 is 5.99. The van der Waals surface area contributed by atoms with Gasteiger partial charge in [-0.2, -0.15) is 0 Å². The maximum absolute atomic E-state index is 10.3. The molecule has 0 saturated carbocycles. The molecule has 6 nitrogen and oxygen atoms in total. The Bertz CT molecular complexity index is 745. The van der Waals surface area contributed by atoms with E-state index < -0.39 is 12.2 Å². The van der Waals surface area contributed by atoms with Crippen LogP contribution >= 0.6 is 15.9 Å². The first-order valence-corrected chi connectivity index (χ1v) is 7.27. The van der Waals surface area contributed by atoms with Crippen LogP contribution in [0.5, 0.6) is 28.7 Å². The monoisotopic (exact) mass is 368 g/mol. The number of hydrogen-bond acceptors (Lipinski definition) is 6. The standard InChI is InChI=1S/C15H13BrO6/c16-13-11(20)5-9(18)7-4-12(21)14(22-15(7)13)6-1-2-8(17)10(19)3-6/h1-3,5,12,14,17-21H,4H2/t12-,14+/m0/s1. The minimum absolute atomic E-state index is 0.117. The van der Waals surface area contributed by atoms with E-state index in [1.165, 1.54) is 24.3 Å². The summed E-state index contributed by atoms with van der Waals surface area (Å²) >= 11 is 3.19. The van der Waals surface area contributed by atoms with Gasteiger partial charge < -0.3 is 30.3 Å². The summed E-state index contributed by atoms with van der Waals surface area (Å²) in [4.78, 5) is 0. The van der Waals surface area contributed by atoms with Crippen molar-refractivity contribution in [1.29, 1.82) is 0 Å². The van der Waals surface area contributed by atoms with Crippen LogP contribution in [0.25, 0.3) is 0 Å². The van der Waals surface area contributed by atoms with Gasteiger partial charge in [-0.15, -0.1) is 0 Å². The molecule has 1 heterocycles. The number of benzene rings is 2. The Hall–Kier alpha value is -2.12. The van der Waals surface area contributed by atoms with Crippen molar-refractivity contribution < 1.29 is 30.3 Å². The van der Waals surface area contributed by atoms with Gasteiger partial charge >= 0.3 is 0 Å². The molecule has 0 aromatic heterocycles. The molecule has 2 aromatic rings. The highest BCUT2D eigenvalue weighted by molar-refractivity contribution is 9.10. The first-order valence-electron chi connectivity index (χ1n) is 6.48. The summed E-state index contributed by atoms with van der Waals surface area (Å²) in [7, 11) is 0. The van der Waals surface area contributed by atoms with E-state index in [0.717, 1.165) is 0 Å². The van der Waals surface area contributed by atoms with Crippen LogP contribution in [-0.4, -0.2) is 31.6 Å². The SMILES string of the molecule is Oc1ccc([C@H]2Oc3c(Br)c(O)cc(O)c3C[C@@H]2O)cc1O. The predicted octanol–water partition coefficient (Wildman–Crippen LogP) is 2.31. The molecule has 0 aliphatic carbocycles. The van der Waals surface area contributed by atoms with E-state index in [4.69, 9.17) is 4.74 Å². The summed E-state index contributed by atoms with van der Waals surface area (Å²) in [5.74, 6) is -0.704. The van der Waals surface area contributed by atoms with Crippen LogP contribution in [0.4, 0.5) is 0 Å². The first kappa shape index (κ1) is 14.8. The Labute approximate surface area is 134 Å². The second kappa shape index (κ2) is 5.26. The van der Waals surface area contributed by atoms with Gasteiger partial charge in [0.25, 0.3) is 0 Å². The number of phenols is 4. The summed E-state index contributed by atoms with van der Waals surface area (Å²) in [5.41, 5.74) is 0.847. The van der Waals surface area contributed by atoms with Crippen molar-refractivity contribution >= 4 is 15.9 Å². The largest absolute Gasteiger partial charge is 0.507 e. The maximum atomic E-state index is 10.3. The first-order chi connectivity index (χ1) is 10.4. The molecule has 5 N–H and O–H groups in total. The van der Waals surface area contributed by atoms with Crippen molar-refractivity contribution in [2.24, 2.45) is 0 Å². The molecule has 0 radical (unpaired) electrons. The summed E-state index contributed by atoms with van der Waals surface area (Å²) in [6.07, 6.45) is -1.65. The zero-order chi connectivity index (χ0) is 16.0. The van der Waals surface area contributed by atoms with E-state index >= 15 is 0 Å². The van der Waals surface area contributed by atoms with Crippen LogP contribution in [0.15, 0.2) is 28.7 Å². The zero-order valence-electron chi connectivity index (χ0n) is 11.2. The van der Waals surface area contributed by atoms with Crippen LogP contribution in [0.1, 0.15) is 17.2 Å². The lowest BCUT2D eigenvalue weighted by atomic mass is 9.94. The molecule has 7 heteroatoms. The van der Waals surface area contributed by atoms with Crippen molar-refractivity contribution in [2.75, 3.05) is 0 Å². The smallest absolute Gasteiger partial charge is 0.157 e. The second-order valence-electron chi connectivity index (χ2n) is 5.09. The maximum Gasteiger partial charge on any atom is 0.157 e. The molecule has 2 atom stereocenters. The zero-order valence-corrected chi connectivity index (χ0v) is 12.8. The Morgan fingerprint density at radius 1 is 0.955 bits per heavy atom. The number of aromatic hydroxyl groups is 4. The molecule has 0 fully saturated rings.